The van der Waals surface area contributed by atoms with Gasteiger partial charge in [0.2, 0.25) is 5.91 Å². The van der Waals surface area contributed by atoms with E-state index in [0.29, 0.717) is 13.0 Å². The molecule has 5 heteroatoms. The first-order chi connectivity index (χ1) is 12.6. The molecule has 1 aliphatic rings. The summed E-state index contributed by atoms with van der Waals surface area (Å²) in [5.74, 6) is 1.06. The van der Waals surface area contributed by atoms with Crippen LogP contribution in [0.1, 0.15) is 18.4 Å². The molecule has 0 bridgehead atoms. The molecule has 1 saturated heterocycles. The number of halogens is 1. The molecule has 138 valence electrons. The summed E-state index contributed by atoms with van der Waals surface area (Å²) < 4.78 is 5.65. The number of para-hydroxylation sites is 1. The highest BCUT2D eigenvalue weighted by Gasteiger charge is 2.21. The number of ether oxygens (including phenoxy) is 1. The highest BCUT2D eigenvalue weighted by molar-refractivity contribution is 6.30. The van der Waals surface area contributed by atoms with Crippen molar-refractivity contribution >= 4 is 23.2 Å². The lowest BCUT2D eigenvalue weighted by molar-refractivity contribution is -0.131. The minimum Gasteiger partial charge on any atom is -0.494 e. The third-order valence-corrected chi connectivity index (χ3v) is 4.93. The molecule has 1 aliphatic heterocycles. The molecule has 0 unspecified atom stereocenters. The Labute approximate surface area is 160 Å². The van der Waals surface area contributed by atoms with Crippen LogP contribution in [-0.2, 0) is 4.79 Å². The van der Waals surface area contributed by atoms with Crippen molar-refractivity contribution in [2.75, 3.05) is 37.7 Å². The van der Waals surface area contributed by atoms with Crippen LogP contribution in [0.3, 0.4) is 0 Å². The lowest BCUT2D eigenvalue weighted by Crippen LogP contribution is -2.49. The first-order valence-electron chi connectivity index (χ1n) is 9.10. The summed E-state index contributed by atoms with van der Waals surface area (Å²) in [6, 6.07) is 15.7. The Morgan fingerprint density at radius 1 is 1.08 bits per heavy atom. The van der Waals surface area contributed by atoms with E-state index in [1.54, 1.807) is 0 Å². The molecule has 0 aliphatic carbocycles. The van der Waals surface area contributed by atoms with Gasteiger partial charge in [0.25, 0.3) is 0 Å². The molecule has 2 aromatic rings. The van der Waals surface area contributed by atoms with Gasteiger partial charge in [0, 0.05) is 43.3 Å². The maximum atomic E-state index is 12.4. The van der Waals surface area contributed by atoms with E-state index >= 15 is 0 Å². The van der Waals surface area contributed by atoms with Gasteiger partial charge < -0.3 is 14.5 Å². The predicted octanol–water partition coefficient (Wildman–Crippen LogP) is 4.16. The summed E-state index contributed by atoms with van der Waals surface area (Å²) in [7, 11) is 0. The van der Waals surface area contributed by atoms with Gasteiger partial charge in [0.1, 0.15) is 5.75 Å². The number of amides is 1. The second-order valence-corrected chi connectivity index (χ2v) is 7.00. The van der Waals surface area contributed by atoms with E-state index in [1.807, 2.05) is 53.4 Å². The zero-order valence-corrected chi connectivity index (χ0v) is 15.9. The number of rotatable bonds is 6. The smallest absolute Gasteiger partial charge is 0.222 e. The van der Waals surface area contributed by atoms with Crippen LogP contribution >= 0.6 is 11.6 Å². The van der Waals surface area contributed by atoms with Gasteiger partial charge in [-0.1, -0.05) is 35.9 Å². The van der Waals surface area contributed by atoms with Crippen LogP contribution in [0, 0.1) is 6.92 Å². The molecule has 26 heavy (non-hydrogen) atoms. The minimum absolute atomic E-state index is 0.212. The molecule has 1 fully saturated rings. The molecule has 0 atom stereocenters. The second kappa shape index (κ2) is 8.95. The number of piperazine rings is 1. The summed E-state index contributed by atoms with van der Waals surface area (Å²) in [6.07, 6.45) is 1.27. The molecule has 0 spiro atoms. The Hall–Kier alpha value is -2.20. The molecule has 1 amide bonds. The first kappa shape index (κ1) is 18.6. The maximum absolute atomic E-state index is 12.4. The zero-order valence-electron chi connectivity index (χ0n) is 15.2. The van der Waals surface area contributed by atoms with E-state index in [9.17, 15) is 4.79 Å². The summed E-state index contributed by atoms with van der Waals surface area (Å²) in [5.41, 5.74) is 2.38. The average Bonchev–Trinajstić information content (AvgIpc) is 2.68. The fourth-order valence-corrected chi connectivity index (χ4v) is 3.37. The van der Waals surface area contributed by atoms with Crippen molar-refractivity contribution in [2.24, 2.45) is 0 Å². The molecule has 0 N–H and O–H groups in total. The van der Waals surface area contributed by atoms with Crippen LogP contribution < -0.4 is 9.64 Å². The number of carbonyl (C=O) groups excluding carboxylic acids is 1. The minimum atomic E-state index is 0.212. The number of benzene rings is 2. The van der Waals surface area contributed by atoms with Crippen molar-refractivity contribution in [1.82, 2.24) is 4.90 Å². The molecular weight excluding hydrogens is 348 g/mol. The third-order valence-electron chi connectivity index (χ3n) is 4.69. The predicted molar refractivity (Wildman–Crippen MR) is 106 cm³/mol. The van der Waals surface area contributed by atoms with Crippen molar-refractivity contribution in [1.29, 1.82) is 0 Å². The van der Waals surface area contributed by atoms with Gasteiger partial charge in [0.05, 0.1) is 6.61 Å². The van der Waals surface area contributed by atoms with Crippen molar-refractivity contribution in [3.8, 4) is 5.75 Å². The standard InChI is InChI=1S/C21H25ClN2O2/c1-17-9-10-18(22)16-20(17)23-11-13-24(14-12-23)21(25)8-5-15-26-19-6-3-2-4-7-19/h2-4,6-7,9-10,16H,5,8,11-15H2,1H3. The molecule has 0 radical (unpaired) electrons. The van der Waals surface area contributed by atoms with Gasteiger partial charge in [-0.2, -0.15) is 0 Å². The highest BCUT2D eigenvalue weighted by atomic mass is 35.5. The molecule has 0 aromatic heterocycles. The van der Waals surface area contributed by atoms with E-state index in [1.165, 1.54) is 11.3 Å². The van der Waals surface area contributed by atoms with Crippen LogP contribution in [0.2, 0.25) is 5.02 Å². The van der Waals surface area contributed by atoms with E-state index in [4.69, 9.17) is 16.3 Å². The Morgan fingerprint density at radius 2 is 1.81 bits per heavy atom. The molecule has 1 heterocycles. The Kier molecular flexibility index (Phi) is 6.40. The number of nitrogens with zero attached hydrogens (tertiary/aromatic N) is 2. The summed E-state index contributed by atoms with van der Waals surface area (Å²) >= 11 is 6.13. The van der Waals surface area contributed by atoms with Gasteiger partial charge in [0.15, 0.2) is 0 Å². The fraction of sp³-hybridized carbons (Fsp3) is 0.381. The van der Waals surface area contributed by atoms with E-state index in [-0.39, 0.29) is 5.91 Å². The number of hydrogen-bond donors (Lipinski definition) is 0. The van der Waals surface area contributed by atoms with Crippen molar-refractivity contribution in [2.45, 2.75) is 19.8 Å². The van der Waals surface area contributed by atoms with Crippen molar-refractivity contribution in [3.63, 3.8) is 0 Å². The van der Waals surface area contributed by atoms with Gasteiger partial charge in [-0.15, -0.1) is 0 Å². The van der Waals surface area contributed by atoms with Crippen LogP contribution in [0.5, 0.6) is 5.75 Å². The monoisotopic (exact) mass is 372 g/mol. The van der Waals surface area contributed by atoms with Gasteiger partial charge >= 0.3 is 0 Å². The molecule has 3 rings (SSSR count). The molecule has 0 saturated carbocycles. The Balaban J connectivity index is 1.41. The number of hydrogen-bond acceptors (Lipinski definition) is 3. The molecule has 4 nitrogen and oxygen atoms in total. The normalized spacial score (nSPS) is 14.4. The van der Waals surface area contributed by atoms with E-state index in [2.05, 4.69) is 11.8 Å². The molecular formula is C21H25ClN2O2. The highest BCUT2D eigenvalue weighted by Crippen LogP contribution is 2.25. The average molecular weight is 373 g/mol. The van der Waals surface area contributed by atoms with Crippen molar-refractivity contribution < 1.29 is 9.53 Å². The van der Waals surface area contributed by atoms with Crippen LogP contribution in [-0.4, -0.2) is 43.6 Å². The zero-order chi connectivity index (χ0) is 18.4. The van der Waals surface area contributed by atoms with Crippen LogP contribution in [0.25, 0.3) is 0 Å². The number of aryl methyl sites for hydroxylation is 1. The van der Waals surface area contributed by atoms with Gasteiger partial charge in [-0.05, 0) is 43.2 Å². The summed E-state index contributed by atoms with van der Waals surface area (Å²) in [5, 5.41) is 0.752. The van der Waals surface area contributed by atoms with Crippen LogP contribution in [0.15, 0.2) is 48.5 Å². The fourth-order valence-electron chi connectivity index (χ4n) is 3.21. The second-order valence-electron chi connectivity index (χ2n) is 6.56. The maximum Gasteiger partial charge on any atom is 0.222 e. The lowest BCUT2D eigenvalue weighted by atomic mass is 10.1. The largest absolute Gasteiger partial charge is 0.494 e. The topological polar surface area (TPSA) is 32.8 Å². The number of anilines is 1. The third kappa shape index (κ3) is 4.92. The summed E-state index contributed by atoms with van der Waals surface area (Å²) in [6.45, 7) is 5.85. The Bertz CT molecular complexity index is 728. The summed E-state index contributed by atoms with van der Waals surface area (Å²) in [4.78, 5) is 16.7. The van der Waals surface area contributed by atoms with Crippen LogP contribution in [0.4, 0.5) is 5.69 Å². The lowest BCUT2D eigenvalue weighted by Gasteiger charge is -2.37. The SMILES string of the molecule is Cc1ccc(Cl)cc1N1CCN(C(=O)CCCOc2ccccc2)CC1. The van der Waals surface area contributed by atoms with E-state index in [0.717, 1.165) is 43.4 Å². The van der Waals surface area contributed by atoms with E-state index < -0.39 is 0 Å². The Morgan fingerprint density at radius 3 is 2.54 bits per heavy atom. The van der Waals surface area contributed by atoms with Gasteiger partial charge in [-0.25, -0.2) is 0 Å². The number of carbonyl (C=O) groups is 1. The molecule has 2 aromatic carbocycles. The first-order valence-corrected chi connectivity index (χ1v) is 9.48. The van der Waals surface area contributed by atoms with Crippen molar-refractivity contribution in [3.05, 3.63) is 59.1 Å². The quantitative estimate of drug-likeness (QED) is 0.714. The van der Waals surface area contributed by atoms with Gasteiger partial charge in [-0.3, -0.25) is 4.79 Å².